The van der Waals surface area contributed by atoms with Crippen LogP contribution in [0.3, 0.4) is 0 Å². The Morgan fingerprint density at radius 1 is 1.28 bits per heavy atom. The number of guanidine groups is 1. The molecule has 1 heterocycles. The maximum Gasteiger partial charge on any atom is 0.193 e. The summed E-state index contributed by atoms with van der Waals surface area (Å²) in [5.41, 5.74) is 1.25. The van der Waals surface area contributed by atoms with Crippen molar-refractivity contribution in [2.24, 2.45) is 10.9 Å². The summed E-state index contributed by atoms with van der Waals surface area (Å²) in [6.45, 7) is 4.29. The van der Waals surface area contributed by atoms with Gasteiger partial charge in [-0.15, -0.1) is 24.0 Å². The standard InChI is InChI=1S/C19H32N4O.HI/c1-20-19(21-12-9-16-10-13-22(2)14-11-16)23(3)15-17-5-7-18(24-4)8-6-17;/h5-8,16H,9-15H2,1-4H3,(H,20,21);1H. The van der Waals surface area contributed by atoms with Crippen LogP contribution < -0.4 is 10.1 Å². The van der Waals surface area contributed by atoms with Crippen molar-refractivity contribution in [1.82, 2.24) is 15.1 Å². The van der Waals surface area contributed by atoms with E-state index in [1.165, 1.54) is 37.9 Å². The van der Waals surface area contributed by atoms with E-state index in [0.29, 0.717) is 0 Å². The van der Waals surface area contributed by atoms with Gasteiger partial charge in [0.2, 0.25) is 0 Å². The largest absolute Gasteiger partial charge is 0.497 e. The molecule has 1 aliphatic heterocycles. The van der Waals surface area contributed by atoms with Crippen molar-refractivity contribution >= 4 is 29.9 Å². The molecule has 1 N–H and O–H groups in total. The maximum atomic E-state index is 5.21. The number of methoxy groups -OCH3 is 1. The van der Waals surface area contributed by atoms with Crippen LogP contribution in [0.5, 0.6) is 5.75 Å². The Labute approximate surface area is 169 Å². The van der Waals surface area contributed by atoms with Crippen molar-refractivity contribution in [3.63, 3.8) is 0 Å². The molecule has 1 saturated heterocycles. The summed E-state index contributed by atoms with van der Waals surface area (Å²) < 4.78 is 5.21. The summed E-state index contributed by atoms with van der Waals surface area (Å²) in [6.07, 6.45) is 3.86. The molecule has 5 nitrogen and oxygen atoms in total. The van der Waals surface area contributed by atoms with E-state index in [0.717, 1.165) is 30.7 Å². The smallest absolute Gasteiger partial charge is 0.193 e. The van der Waals surface area contributed by atoms with Crippen molar-refractivity contribution < 1.29 is 4.74 Å². The second-order valence-electron chi connectivity index (χ2n) is 6.71. The first-order valence-corrected chi connectivity index (χ1v) is 8.85. The van der Waals surface area contributed by atoms with E-state index < -0.39 is 0 Å². The summed E-state index contributed by atoms with van der Waals surface area (Å²) in [5.74, 6) is 2.69. The number of likely N-dealkylation sites (tertiary alicyclic amines) is 1. The minimum absolute atomic E-state index is 0. The van der Waals surface area contributed by atoms with E-state index in [1.807, 2.05) is 19.2 Å². The maximum absolute atomic E-state index is 5.21. The molecule has 1 aliphatic rings. The molecule has 0 unspecified atom stereocenters. The highest BCUT2D eigenvalue weighted by Crippen LogP contribution is 2.18. The number of hydrogen-bond donors (Lipinski definition) is 1. The van der Waals surface area contributed by atoms with Gasteiger partial charge in [-0.2, -0.15) is 0 Å². The molecule has 2 rings (SSSR count). The molecule has 1 fully saturated rings. The fourth-order valence-electron chi connectivity index (χ4n) is 3.20. The highest BCUT2D eigenvalue weighted by Gasteiger charge is 2.16. The first kappa shape index (κ1) is 22.0. The predicted molar refractivity (Wildman–Crippen MR) is 116 cm³/mol. The number of hydrogen-bond acceptors (Lipinski definition) is 3. The Balaban J connectivity index is 0.00000312. The van der Waals surface area contributed by atoms with Crippen molar-refractivity contribution in [3.05, 3.63) is 29.8 Å². The molecule has 0 saturated carbocycles. The molecule has 1 aromatic rings. The number of benzene rings is 1. The van der Waals surface area contributed by atoms with Gasteiger partial charge in [-0.1, -0.05) is 12.1 Å². The van der Waals surface area contributed by atoms with E-state index in [1.54, 1.807) is 7.11 Å². The molecular weight excluding hydrogens is 427 g/mol. The molecule has 0 radical (unpaired) electrons. The zero-order valence-corrected chi connectivity index (χ0v) is 18.3. The lowest BCUT2D eigenvalue weighted by Crippen LogP contribution is -2.40. The van der Waals surface area contributed by atoms with E-state index in [4.69, 9.17) is 4.74 Å². The molecular formula is C19H33IN4O. The van der Waals surface area contributed by atoms with Crippen LogP contribution in [0.2, 0.25) is 0 Å². The predicted octanol–water partition coefficient (Wildman–Crippen LogP) is 3.05. The zero-order valence-electron chi connectivity index (χ0n) is 16.0. The summed E-state index contributed by atoms with van der Waals surface area (Å²) in [4.78, 5) is 9.00. The van der Waals surface area contributed by atoms with Gasteiger partial charge >= 0.3 is 0 Å². The van der Waals surface area contributed by atoms with Gasteiger partial charge in [0.15, 0.2) is 5.96 Å². The summed E-state index contributed by atoms with van der Waals surface area (Å²) in [7, 11) is 7.83. The number of aliphatic imine (C=N–C) groups is 1. The van der Waals surface area contributed by atoms with Crippen molar-refractivity contribution in [3.8, 4) is 5.75 Å². The second-order valence-corrected chi connectivity index (χ2v) is 6.71. The van der Waals surface area contributed by atoms with Crippen LogP contribution in [0.4, 0.5) is 0 Å². The third kappa shape index (κ3) is 7.40. The van der Waals surface area contributed by atoms with Gasteiger partial charge < -0.3 is 19.9 Å². The quantitative estimate of drug-likeness (QED) is 0.403. The molecule has 0 spiro atoms. The SMILES string of the molecule is CN=C(NCCC1CCN(C)CC1)N(C)Cc1ccc(OC)cc1.I. The third-order valence-corrected chi connectivity index (χ3v) is 4.83. The Morgan fingerprint density at radius 3 is 2.48 bits per heavy atom. The highest BCUT2D eigenvalue weighted by atomic mass is 127. The monoisotopic (exact) mass is 460 g/mol. The number of nitrogens with zero attached hydrogens (tertiary/aromatic N) is 3. The Bertz CT molecular complexity index is 513. The van der Waals surface area contributed by atoms with Crippen LogP contribution in [0.15, 0.2) is 29.3 Å². The van der Waals surface area contributed by atoms with E-state index in [-0.39, 0.29) is 24.0 Å². The van der Waals surface area contributed by atoms with Gasteiger partial charge in [0, 0.05) is 27.2 Å². The van der Waals surface area contributed by atoms with Crippen LogP contribution >= 0.6 is 24.0 Å². The summed E-state index contributed by atoms with van der Waals surface area (Å²) >= 11 is 0. The van der Waals surface area contributed by atoms with Gasteiger partial charge in [-0.05, 0) is 63.0 Å². The Morgan fingerprint density at radius 2 is 1.92 bits per heavy atom. The molecule has 0 amide bonds. The van der Waals surface area contributed by atoms with Crippen LogP contribution in [-0.4, -0.2) is 63.6 Å². The zero-order chi connectivity index (χ0) is 17.4. The third-order valence-electron chi connectivity index (χ3n) is 4.83. The van der Waals surface area contributed by atoms with Gasteiger partial charge in [0.05, 0.1) is 7.11 Å². The number of rotatable bonds is 6. The van der Waals surface area contributed by atoms with Crippen molar-refractivity contribution in [1.29, 1.82) is 0 Å². The molecule has 25 heavy (non-hydrogen) atoms. The van der Waals surface area contributed by atoms with Crippen LogP contribution in [0, 0.1) is 5.92 Å². The molecule has 0 aliphatic carbocycles. The van der Waals surface area contributed by atoms with Crippen molar-refractivity contribution in [2.75, 3.05) is 47.9 Å². The number of nitrogens with one attached hydrogen (secondary N) is 1. The van der Waals surface area contributed by atoms with E-state index in [9.17, 15) is 0 Å². The van der Waals surface area contributed by atoms with Crippen LogP contribution in [0.25, 0.3) is 0 Å². The van der Waals surface area contributed by atoms with E-state index in [2.05, 4.69) is 46.3 Å². The summed E-state index contributed by atoms with van der Waals surface area (Å²) in [6, 6.07) is 8.20. The average molecular weight is 460 g/mol. The molecule has 0 aromatic heterocycles. The number of piperidine rings is 1. The summed E-state index contributed by atoms with van der Waals surface area (Å²) in [5, 5.41) is 3.51. The molecule has 0 bridgehead atoms. The topological polar surface area (TPSA) is 40.1 Å². The second kappa shape index (κ2) is 11.6. The highest BCUT2D eigenvalue weighted by molar-refractivity contribution is 14.0. The Hall–Kier alpha value is -1.02. The lowest BCUT2D eigenvalue weighted by molar-refractivity contribution is 0.212. The van der Waals surface area contributed by atoms with Gasteiger partial charge in [0.1, 0.15) is 5.75 Å². The van der Waals surface area contributed by atoms with Crippen molar-refractivity contribution in [2.45, 2.75) is 25.8 Å². The fourth-order valence-corrected chi connectivity index (χ4v) is 3.20. The molecule has 0 atom stereocenters. The van der Waals surface area contributed by atoms with Gasteiger partial charge in [0.25, 0.3) is 0 Å². The number of ether oxygens (including phenoxy) is 1. The Kier molecular flexibility index (Phi) is 10.2. The fraction of sp³-hybridized carbons (Fsp3) is 0.632. The van der Waals surface area contributed by atoms with Gasteiger partial charge in [-0.3, -0.25) is 4.99 Å². The minimum atomic E-state index is 0. The minimum Gasteiger partial charge on any atom is -0.497 e. The van der Waals surface area contributed by atoms with Crippen LogP contribution in [0.1, 0.15) is 24.8 Å². The van der Waals surface area contributed by atoms with Crippen LogP contribution in [-0.2, 0) is 6.54 Å². The van der Waals surface area contributed by atoms with Gasteiger partial charge in [-0.25, -0.2) is 0 Å². The molecule has 142 valence electrons. The average Bonchev–Trinajstić information content (AvgIpc) is 2.61. The molecule has 6 heteroatoms. The first-order chi connectivity index (χ1) is 11.6. The number of halogens is 1. The van der Waals surface area contributed by atoms with E-state index >= 15 is 0 Å². The molecule has 1 aromatic carbocycles. The lowest BCUT2D eigenvalue weighted by atomic mass is 9.94. The lowest BCUT2D eigenvalue weighted by Gasteiger charge is -2.29. The normalized spacial score (nSPS) is 16.2. The first-order valence-electron chi connectivity index (χ1n) is 8.85.